The third-order valence-electron chi connectivity index (χ3n) is 7.66. The highest BCUT2D eigenvalue weighted by atomic mass is 19.4. The lowest BCUT2D eigenvalue weighted by molar-refractivity contribution is -0.137. The molecule has 2 N–H and O–H groups in total. The number of nitrogens with one attached hydrogen (secondary N) is 1. The minimum absolute atomic E-state index is 0.0258. The molecule has 2 fully saturated rings. The number of nitrogens with zero attached hydrogens (tertiary/aromatic N) is 1. The van der Waals surface area contributed by atoms with Crippen molar-refractivity contribution in [2.24, 2.45) is 5.92 Å². The zero-order chi connectivity index (χ0) is 26.6. The second kappa shape index (κ2) is 11.1. The van der Waals surface area contributed by atoms with Gasteiger partial charge in [0.2, 0.25) is 5.91 Å². The monoisotopic (exact) mass is 514 g/mol. The highest BCUT2D eigenvalue weighted by molar-refractivity contribution is 5.92. The van der Waals surface area contributed by atoms with Crippen molar-refractivity contribution in [3.05, 3.63) is 84.0 Å². The van der Waals surface area contributed by atoms with Gasteiger partial charge in [0.05, 0.1) is 18.8 Å². The Labute approximate surface area is 215 Å². The van der Waals surface area contributed by atoms with Gasteiger partial charge in [-0.05, 0) is 67.3 Å². The molecule has 2 aliphatic rings. The Morgan fingerprint density at radius 2 is 2.05 bits per heavy atom. The fourth-order valence-electron chi connectivity index (χ4n) is 5.92. The van der Waals surface area contributed by atoms with Crippen LogP contribution in [0.15, 0.2) is 67.3 Å². The summed E-state index contributed by atoms with van der Waals surface area (Å²) in [5.41, 5.74) is 0.246. The molecule has 1 aliphatic carbocycles. The summed E-state index contributed by atoms with van der Waals surface area (Å²) < 4.78 is 44.5. The van der Waals surface area contributed by atoms with Gasteiger partial charge >= 0.3 is 6.18 Å². The summed E-state index contributed by atoms with van der Waals surface area (Å²) in [6.07, 6.45) is 1.27. The molecule has 1 saturated heterocycles. The van der Waals surface area contributed by atoms with Gasteiger partial charge in [-0.15, -0.1) is 6.58 Å². The number of halogens is 3. The molecule has 5 nitrogen and oxygen atoms in total. The molecule has 4 unspecified atom stereocenters. The normalized spacial score (nSPS) is 26.5. The molecule has 0 spiro atoms. The van der Waals surface area contributed by atoms with Gasteiger partial charge in [-0.1, -0.05) is 30.3 Å². The number of fused-ring (bicyclic) bond motifs is 1. The molecule has 1 amide bonds. The molecule has 1 heterocycles. The quantitative estimate of drug-likeness (QED) is 0.411. The van der Waals surface area contributed by atoms with Crippen LogP contribution in [0.5, 0.6) is 5.75 Å². The smallest absolute Gasteiger partial charge is 0.416 e. The Bertz CT molecular complexity index is 1150. The second-order valence-electron chi connectivity index (χ2n) is 9.96. The molecule has 37 heavy (non-hydrogen) atoms. The lowest BCUT2D eigenvalue weighted by Crippen LogP contribution is -2.60. The molecule has 0 radical (unpaired) electrons. The van der Waals surface area contributed by atoms with Crippen LogP contribution in [0.25, 0.3) is 6.08 Å². The topological polar surface area (TPSA) is 61.8 Å². The maximum atomic E-state index is 13.0. The predicted octanol–water partition coefficient (Wildman–Crippen LogP) is 4.81. The number of hydrogen-bond donors (Lipinski definition) is 2. The van der Waals surface area contributed by atoms with Crippen molar-refractivity contribution in [1.29, 1.82) is 0 Å². The number of carbonyl (C=O) groups is 1. The number of alkyl halides is 3. The van der Waals surface area contributed by atoms with Gasteiger partial charge < -0.3 is 15.2 Å². The Hall–Kier alpha value is -3.10. The molecule has 2 aromatic rings. The number of hydrogen-bond acceptors (Lipinski definition) is 4. The molecule has 0 aromatic heterocycles. The van der Waals surface area contributed by atoms with Crippen LogP contribution in [-0.4, -0.2) is 54.8 Å². The first-order chi connectivity index (χ1) is 17.6. The molecule has 2 aromatic carbocycles. The number of amides is 1. The minimum Gasteiger partial charge on any atom is -0.497 e. The number of aliphatic hydroxyl groups excluding tert-OH is 1. The number of piperidine rings is 1. The van der Waals surface area contributed by atoms with Crippen molar-refractivity contribution in [3.63, 3.8) is 0 Å². The Morgan fingerprint density at radius 1 is 1.27 bits per heavy atom. The fraction of sp³-hybridized carbons (Fsp3) is 0.414. The Balaban J connectivity index is 1.54. The van der Waals surface area contributed by atoms with E-state index >= 15 is 0 Å². The predicted molar refractivity (Wildman–Crippen MR) is 137 cm³/mol. The number of ether oxygens (including phenoxy) is 1. The SMILES string of the molecule is C=CCN1CCC2(c3cccc(OC)c3)CC(NC(=O)C=Cc3cccc(C(F)(F)F)c3)CC(O)C2C1. The molecule has 8 heteroatoms. The van der Waals surface area contributed by atoms with Gasteiger partial charge in [-0.2, -0.15) is 13.2 Å². The molecule has 198 valence electrons. The van der Waals surface area contributed by atoms with Crippen LogP contribution in [0.1, 0.15) is 36.0 Å². The van der Waals surface area contributed by atoms with Crippen LogP contribution < -0.4 is 10.1 Å². The number of aliphatic hydroxyl groups is 1. The first-order valence-corrected chi connectivity index (χ1v) is 12.5. The largest absolute Gasteiger partial charge is 0.497 e. The van der Waals surface area contributed by atoms with Crippen molar-refractivity contribution < 1.29 is 27.8 Å². The summed E-state index contributed by atoms with van der Waals surface area (Å²) in [5, 5.41) is 14.3. The Morgan fingerprint density at radius 3 is 2.78 bits per heavy atom. The fourth-order valence-corrected chi connectivity index (χ4v) is 5.92. The maximum Gasteiger partial charge on any atom is 0.416 e. The van der Waals surface area contributed by atoms with Gasteiger partial charge in [-0.3, -0.25) is 9.69 Å². The number of benzene rings is 2. The van der Waals surface area contributed by atoms with Crippen molar-refractivity contribution in [2.75, 3.05) is 26.7 Å². The van der Waals surface area contributed by atoms with E-state index in [1.807, 2.05) is 24.3 Å². The van der Waals surface area contributed by atoms with Gasteiger partial charge in [0.25, 0.3) is 0 Å². The van der Waals surface area contributed by atoms with Crippen LogP contribution in [0, 0.1) is 5.92 Å². The van der Waals surface area contributed by atoms with Crippen LogP contribution >= 0.6 is 0 Å². The summed E-state index contributed by atoms with van der Waals surface area (Å²) in [7, 11) is 1.62. The summed E-state index contributed by atoms with van der Waals surface area (Å²) in [5.74, 6) is 0.309. The third-order valence-corrected chi connectivity index (χ3v) is 7.66. The van der Waals surface area contributed by atoms with Gasteiger partial charge in [0.15, 0.2) is 0 Å². The minimum atomic E-state index is -4.45. The first kappa shape index (κ1) is 26.9. The van der Waals surface area contributed by atoms with Crippen molar-refractivity contribution in [2.45, 2.75) is 43.0 Å². The van der Waals surface area contributed by atoms with E-state index in [2.05, 4.69) is 22.9 Å². The van der Waals surface area contributed by atoms with Crippen LogP contribution in [-0.2, 0) is 16.4 Å². The van der Waals surface area contributed by atoms with Crippen molar-refractivity contribution >= 4 is 12.0 Å². The second-order valence-corrected chi connectivity index (χ2v) is 9.96. The lowest BCUT2D eigenvalue weighted by Gasteiger charge is -2.54. The molecule has 4 atom stereocenters. The number of likely N-dealkylation sites (tertiary alicyclic amines) is 1. The summed E-state index contributed by atoms with van der Waals surface area (Å²) in [4.78, 5) is 15.1. The maximum absolute atomic E-state index is 13.0. The van der Waals surface area contributed by atoms with Crippen LogP contribution in [0.2, 0.25) is 0 Å². The van der Waals surface area contributed by atoms with Crippen LogP contribution in [0.3, 0.4) is 0 Å². The van der Waals surface area contributed by atoms with Gasteiger partial charge in [0.1, 0.15) is 5.75 Å². The number of rotatable bonds is 7. The molecule has 0 bridgehead atoms. The van der Waals surface area contributed by atoms with E-state index in [0.717, 1.165) is 49.5 Å². The van der Waals surface area contributed by atoms with E-state index in [-0.39, 0.29) is 22.9 Å². The zero-order valence-electron chi connectivity index (χ0n) is 20.9. The molecule has 1 aliphatic heterocycles. The number of carbonyl (C=O) groups excluding carboxylic acids is 1. The average Bonchev–Trinajstić information content (AvgIpc) is 2.88. The lowest BCUT2D eigenvalue weighted by atomic mass is 9.57. The van der Waals surface area contributed by atoms with Crippen molar-refractivity contribution in [3.8, 4) is 5.75 Å². The van der Waals surface area contributed by atoms with E-state index in [9.17, 15) is 23.1 Å². The molecule has 1 saturated carbocycles. The van der Waals surface area contributed by atoms with E-state index in [0.29, 0.717) is 12.8 Å². The van der Waals surface area contributed by atoms with Gasteiger partial charge in [-0.25, -0.2) is 0 Å². The highest BCUT2D eigenvalue weighted by Crippen LogP contribution is 2.49. The van der Waals surface area contributed by atoms with E-state index in [4.69, 9.17) is 4.74 Å². The molecular weight excluding hydrogens is 481 g/mol. The highest BCUT2D eigenvalue weighted by Gasteiger charge is 2.52. The first-order valence-electron chi connectivity index (χ1n) is 12.5. The molecule has 4 rings (SSSR count). The molecular formula is C29H33F3N2O3. The number of methoxy groups -OCH3 is 1. The Kier molecular flexibility index (Phi) is 8.09. The van der Waals surface area contributed by atoms with E-state index < -0.39 is 23.8 Å². The van der Waals surface area contributed by atoms with E-state index in [1.54, 1.807) is 7.11 Å². The van der Waals surface area contributed by atoms with Crippen molar-refractivity contribution in [1.82, 2.24) is 10.2 Å². The summed E-state index contributed by atoms with van der Waals surface area (Å²) >= 11 is 0. The standard InChI is InChI=1S/C29H33F3N2O3/c1-3-13-34-14-12-28(21-7-5-9-24(16-21)37-2)18-23(17-26(35)25(28)19-34)33-27(36)11-10-20-6-4-8-22(15-20)29(30,31)32/h3-11,15-16,23,25-26,35H,1,12-14,17-19H2,2H3,(H,33,36). The summed E-state index contributed by atoms with van der Waals surface area (Å²) in [6, 6.07) is 12.5. The van der Waals surface area contributed by atoms with Crippen LogP contribution in [0.4, 0.5) is 13.2 Å². The van der Waals surface area contributed by atoms with E-state index in [1.165, 1.54) is 24.3 Å². The summed E-state index contributed by atoms with van der Waals surface area (Å²) in [6.45, 7) is 6.15. The average molecular weight is 515 g/mol. The van der Waals surface area contributed by atoms with Gasteiger partial charge in [0, 0.05) is 36.5 Å². The zero-order valence-corrected chi connectivity index (χ0v) is 20.9. The third kappa shape index (κ3) is 6.08.